The number of benzene rings is 1. The quantitative estimate of drug-likeness (QED) is 0.336. The van der Waals surface area contributed by atoms with Gasteiger partial charge in [0.05, 0.1) is 11.0 Å². The number of aliphatic hydroxyl groups excluding tert-OH is 2. The minimum atomic E-state index is -2.38. The van der Waals surface area contributed by atoms with Crippen LogP contribution in [0, 0.1) is 11.8 Å². The molecule has 1 aromatic carbocycles. The zero-order chi connectivity index (χ0) is 26.2. The van der Waals surface area contributed by atoms with Gasteiger partial charge in [0.25, 0.3) is 0 Å². The Kier molecular flexibility index (Phi) is 5.58. The van der Waals surface area contributed by atoms with E-state index in [1.807, 2.05) is 6.07 Å². The summed E-state index contributed by atoms with van der Waals surface area (Å²) in [6.45, 7) is 3.14. The van der Waals surface area contributed by atoms with Crippen molar-refractivity contribution in [2.75, 3.05) is 0 Å². The number of carbonyl (C=O) groups excluding carboxylic acids is 2. The van der Waals surface area contributed by atoms with Crippen molar-refractivity contribution in [2.24, 2.45) is 11.8 Å². The zero-order valence-electron chi connectivity index (χ0n) is 19.7. The lowest BCUT2D eigenvalue weighted by Crippen LogP contribution is -2.69. The number of hydrogen-bond acceptors (Lipinski definition) is 10. The molecule has 194 valence electrons. The number of aliphatic carboxylic acids is 1. The van der Waals surface area contributed by atoms with Crippen LogP contribution in [0.25, 0.3) is 0 Å². The number of aromatic hydroxyl groups is 1. The molecule has 1 saturated carbocycles. The minimum absolute atomic E-state index is 0.0139. The molecule has 1 aliphatic heterocycles. The second-order valence-corrected chi connectivity index (χ2v) is 10.2. The Morgan fingerprint density at radius 2 is 1.86 bits per heavy atom. The topological polar surface area (TPSA) is 180 Å². The molecule has 1 aromatic rings. The summed E-state index contributed by atoms with van der Waals surface area (Å²) in [5.74, 6) is -4.12. The van der Waals surface area contributed by atoms with E-state index in [1.165, 1.54) is 12.1 Å². The molecule has 0 radical (unpaired) electrons. The van der Waals surface area contributed by atoms with Crippen molar-refractivity contribution in [1.82, 2.24) is 0 Å². The third-order valence-corrected chi connectivity index (χ3v) is 8.37. The van der Waals surface area contributed by atoms with Crippen LogP contribution in [0.1, 0.15) is 44.2 Å². The molecule has 11 heteroatoms. The molecule has 0 saturated heterocycles. The molecular weight excluding hydrogens is 476 g/mol. The van der Waals surface area contributed by atoms with E-state index in [9.17, 15) is 34.8 Å². The second-order valence-electron chi connectivity index (χ2n) is 10.2. The van der Waals surface area contributed by atoms with Gasteiger partial charge in [0.1, 0.15) is 5.76 Å². The van der Waals surface area contributed by atoms with Gasteiger partial charge < -0.3 is 39.7 Å². The Hall–Kier alpha value is -3.15. The number of hydrogen-bond donors (Lipinski definition) is 5. The summed E-state index contributed by atoms with van der Waals surface area (Å²) in [6.07, 6.45) is -3.80. The molecule has 0 aromatic heterocycles. The molecule has 1 unspecified atom stereocenters. The van der Waals surface area contributed by atoms with Crippen LogP contribution in [-0.4, -0.2) is 73.5 Å². The summed E-state index contributed by atoms with van der Waals surface area (Å²) in [5.41, 5.74) is -0.557. The van der Waals surface area contributed by atoms with E-state index in [-0.39, 0.29) is 35.5 Å². The predicted octanol–water partition coefficient (Wildman–Crippen LogP) is 0.293. The summed E-state index contributed by atoms with van der Waals surface area (Å²) < 4.78 is 16.1. The fraction of sp³-hybridized carbons (Fsp3) is 0.560. The number of carboxylic acids is 1. The van der Waals surface area contributed by atoms with Crippen molar-refractivity contribution < 1.29 is 54.1 Å². The van der Waals surface area contributed by atoms with E-state index >= 15 is 0 Å². The molecule has 1 spiro atoms. The molecule has 1 heterocycles. The van der Waals surface area contributed by atoms with E-state index in [0.29, 0.717) is 18.4 Å². The van der Waals surface area contributed by atoms with Crippen LogP contribution in [-0.2, 0) is 35.7 Å². The van der Waals surface area contributed by atoms with Gasteiger partial charge in [0, 0.05) is 5.56 Å². The average molecular weight is 504 g/mol. The molecular formula is C25H28O11. The number of carbonyl (C=O) groups is 3. The fourth-order valence-corrected chi connectivity index (χ4v) is 6.54. The Morgan fingerprint density at radius 3 is 2.56 bits per heavy atom. The lowest BCUT2D eigenvalue weighted by atomic mass is 9.45. The third-order valence-electron chi connectivity index (χ3n) is 8.37. The van der Waals surface area contributed by atoms with Crippen LogP contribution in [0.5, 0.6) is 11.5 Å². The van der Waals surface area contributed by atoms with Crippen molar-refractivity contribution in [2.45, 2.75) is 75.0 Å². The highest BCUT2D eigenvalue weighted by atomic mass is 16.6. The first-order valence-corrected chi connectivity index (χ1v) is 11.9. The molecule has 1 fully saturated rings. The third kappa shape index (κ3) is 3.19. The maximum absolute atomic E-state index is 12.7. The first-order chi connectivity index (χ1) is 16.9. The van der Waals surface area contributed by atoms with Gasteiger partial charge in [0.15, 0.2) is 35.9 Å². The van der Waals surface area contributed by atoms with Crippen molar-refractivity contribution in [3.05, 3.63) is 35.1 Å². The van der Waals surface area contributed by atoms with Gasteiger partial charge in [-0.3, -0.25) is 0 Å². The largest absolute Gasteiger partial charge is 0.504 e. The summed E-state index contributed by atoms with van der Waals surface area (Å²) in [4.78, 5) is 35.5. The number of carboxylic acid groups (broad SMARTS) is 1. The van der Waals surface area contributed by atoms with Gasteiger partial charge in [0.2, 0.25) is 0 Å². The number of phenols is 1. The highest BCUT2D eigenvalue weighted by molar-refractivity contribution is 5.87. The first-order valence-electron chi connectivity index (χ1n) is 11.9. The van der Waals surface area contributed by atoms with Crippen molar-refractivity contribution in [3.63, 3.8) is 0 Å². The molecule has 2 bridgehead atoms. The summed E-state index contributed by atoms with van der Waals surface area (Å²) in [6, 6.07) is 3.35. The van der Waals surface area contributed by atoms with E-state index in [1.54, 1.807) is 0 Å². The van der Waals surface area contributed by atoms with Gasteiger partial charge in [-0.2, -0.15) is 0 Å². The van der Waals surface area contributed by atoms with Crippen molar-refractivity contribution >= 4 is 17.9 Å². The molecule has 0 amide bonds. The van der Waals surface area contributed by atoms with Crippen LogP contribution in [0.15, 0.2) is 24.0 Å². The summed E-state index contributed by atoms with van der Waals surface area (Å²) >= 11 is 0. The predicted molar refractivity (Wildman–Crippen MR) is 119 cm³/mol. The Labute approximate surface area is 205 Å². The van der Waals surface area contributed by atoms with Gasteiger partial charge >= 0.3 is 17.9 Å². The van der Waals surface area contributed by atoms with Crippen LogP contribution in [0.4, 0.5) is 0 Å². The zero-order valence-corrected chi connectivity index (χ0v) is 19.7. The molecule has 4 aliphatic rings. The van der Waals surface area contributed by atoms with Crippen LogP contribution < -0.4 is 4.74 Å². The molecule has 5 rings (SSSR count). The van der Waals surface area contributed by atoms with Gasteiger partial charge in [-0.15, -0.1) is 0 Å². The van der Waals surface area contributed by atoms with E-state index < -0.39 is 53.3 Å². The molecule has 36 heavy (non-hydrogen) atoms. The van der Waals surface area contributed by atoms with Crippen molar-refractivity contribution in [1.29, 1.82) is 0 Å². The molecule has 5 N–H and O–H groups in total. The monoisotopic (exact) mass is 504 g/mol. The number of ether oxygens (including phenoxy) is 3. The number of phenolic OH excluding ortho intramolecular Hbond substituents is 1. The summed E-state index contributed by atoms with van der Waals surface area (Å²) in [5, 5.41) is 51.7. The SMILES string of the molecule is CC1CC[C@]23c4c5ccc(O)c4O[C@H]2C(OC(=O)[C@H](O)[C@@H](O)C(=O)O[C@@H](C)C(=O)O)=CC[C@@]3(O)[C@H]1C5. The smallest absolute Gasteiger partial charge is 0.344 e. The van der Waals surface area contributed by atoms with Crippen LogP contribution in [0.3, 0.4) is 0 Å². The van der Waals surface area contributed by atoms with Crippen molar-refractivity contribution in [3.8, 4) is 11.5 Å². The standard InChI is InChI=1S/C25H28O11/c1-10-5-7-24-16-12-3-4-14(26)19(16)36-20(24)15(6-8-25(24,33)13(10)9-12)35-23(32)18(28)17(27)22(31)34-11(2)21(29)30/h3-4,6,10-11,13,17-18,20,26-28,33H,5,7-9H2,1-2H3,(H,29,30)/t10?,11-,13-,17+,18+,20-,24-,25+/m0/s1. The Balaban J connectivity index is 1.44. The van der Waals surface area contributed by atoms with Gasteiger partial charge in [-0.25, -0.2) is 14.4 Å². The van der Waals surface area contributed by atoms with Crippen LogP contribution >= 0.6 is 0 Å². The number of aliphatic hydroxyl groups is 3. The highest BCUT2D eigenvalue weighted by Gasteiger charge is 2.72. The molecule has 8 atom stereocenters. The maximum atomic E-state index is 12.7. The molecule has 11 nitrogen and oxygen atoms in total. The Bertz CT molecular complexity index is 1170. The molecule has 3 aliphatic carbocycles. The lowest BCUT2D eigenvalue weighted by Gasteiger charge is -2.61. The van der Waals surface area contributed by atoms with Gasteiger partial charge in [-0.1, -0.05) is 13.0 Å². The average Bonchev–Trinajstić information content (AvgIpc) is 3.19. The van der Waals surface area contributed by atoms with E-state index in [4.69, 9.17) is 14.6 Å². The number of esters is 2. The van der Waals surface area contributed by atoms with Crippen LogP contribution in [0.2, 0.25) is 0 Å². The van der Waals surface area contributed by atoms with E-state index in [0.717, 1.165) is 18.9 Å². The maximum Gasteiger partial charge on any atom is 0.344 e. The first kappa shape index (κ1) is 24.5. The Morgan fingerprint density at radius 1 is 1.17 bits per heavy atom. The summed E-state index contributed by atoms with van der Waals surface area (Å²) in [7, 11) is 0. The number of rotatable bonds is 6. The lowest BCUT2D eigenvalue weighted by molar-refractivity contribution is -0.182. The minimum Gasteiger partial charge on any atom is -0.504 e. The fourth-order valence-electron chi connectivity index (χ4n) is 6.54. The van der Waals surface area contributed by atoms with Gasteiger partial charge in [-0.05, 0) is 62.1 Å². The second kappa shape index (κ2) is 8.19. The highest BCUT2D eigenvalue weighted by Crippen LogP contribution is 2.68. The van der Waals surface area contributed by atoms with E-state index in [2.05, 4.69) is 11.7 Å². The normalized spacial score (nSPS) is 33.8.